The Labute approximate surface area is 205 Å². The number of carbonyl (C=O) groups excluding carboxylic acids is 2. The summed E-state index contributed by atoms with van der Waals surface area (Å²) >= 11 is 2.41. The maximum absolute atomic E-state index is 12.6. The summed E-state index contributed by atoms with van der Waals surface area (Å²) in [6, 6.07) is 12.1. The lowest BCUT2D eigenvalue weighted by Crippen LogP contribution is -2.25. The van der Waals surface area contributed by atoms with Gasteiger partial charge in [0, 0.05) is 26.8 Å². The standard InChI is InChI=1S/C25H23IN2O5/c1-31-25(30)20-9-10-32-23-13-22(16(14-27)11-21(20)23)33-19-7-5-15(6-8-19)24(29)28-18-4-2-3-17(26)12-18/h4-8,11,13,17,20H,2-3,9-10,12H2,1H3,(H,28,29). The number of alkyl halides is 1. The molecule has 0 bridgehead atoms. The van der Waals surface area contributed by atoms with Gasteiger partial charge < -0.3 is 19.5 Å². The minimum atomic E-state index is -0.473. The van der Waals surface area contributed by atoms with Crippen LogP contribution in [0.5, 0.6) is 17.2 Å². The number of nitrogens with zero attached hydrogens (tertiary/aromatic N) is 1. The van der Waals surface area contributed by atoms with Crippen LogP contribution in [-0.2, 0) is 9.53 Å². The third-order valence-electron chi connectivity index (χ3n) is 5.69. The molecule has 2 aliphatic rings. The number of nitrogens with one attached hydrogen (secondary N) is 1. The topological polar surface area (TPSA) is 97.7 Å². The number of ether oxygens (including phenoxy) is 3. The van der Waals surface area contributed by atoms with Crippen LogP contribution in [0.4, 0.5) is 0 Å². The first-order chi connectivity index (χ1) is 16.0. The van der Waals surface area contributed by atoms with E-state index in [9.17, 15) is 14.9 Å². The average molecular weight is 558 g/mol. The number of amides is 1. The van der Waals surface area contributed by atoms with Gasteiger partial charge in [0.1, 0.15) is 23.3 Å². The molecule has 1 aliphatic heterocycles. The van der Waals surface area contributed by atoms with Crippen molar-refractivity contribution in [2.45, 2.75) is 35.5 Å². The second-order valence-electron chi connectivity index (χ2n) is 7.90. The highest BCUT2D eigenvalue weighted by atomic mass is 127. The number of hydrogen-bond donors (Lipinski definition) is 1. The molecule has 2 unspecified atom stereocenters. The van der Waals surface area contributed by atoms with Crippen molar-refractivity contribution in [3.63, 3.8) is 0 Å². The first-order valence-electron chi connectivity index (χ1n) is 10.7. The fourth-order valence-corrected chi connectivity index (χ4v) is 4.79. The van der Waals surface area contributed by atoms with Crippen molar-refractivity contribution in [2.75, 3.05) is 13.7 Å². The smallest absolute Gasteiger partial charge is 0.313 e. The molecule has 8 heteroatoms. The molecule has 2 atom stereocenters. The molecule has 0 spiro atoms. The first kappa shape index (κ1) is 23.1. The van der Waals surface area contributed by atoms with Crippen LogP contribution in [0.15, 0.2) is 48.2 Å². The number of carbonyl (C=O) groups is 2. The highest BCUT2D eigenvalue weighted by molar-refractivity contribution is 14.1. The predicted octanol–water partition coefficient (Wildman–Crippen LogP) is 4.99. The van der Waals surface area contributed by atoms with Crippen LogP contribution in [0.3, 0.4) is 0 Å². The van der Waals surface area contributed by atoms with E-state index in [0.29, 0.717) is 45.3 Å². The molecule has 0 saturated heterocycles. The van der Waals surface area contributed by atoms with Crippen molar-refractivity contribution < 1.29 is 23.8 Å². The highest BCUT2D eigenvalue weighted by Crippen LogP contribution is 2.40. The van der Waals surface area contributed by atoms with Gasteiger partial charge >= 0.3 is 5.97 Å². The summed E-state index contributed by atoms with van der Waals surface area (Å²) in [4.78, 5) is 24.7. The Hall–Kier alpha value is -3.06. The quantitative estimate of drug-likeness (QED) is 0.316. The number of fused-ring (bicyclic) bond motifs is 1. The van der Waals surface area contributed by atoms with Crippen molar-refractivity contribution in [1.29, 1.82) is 5.26 Å². The van der Waals surface area contributed by atoms with Gasteiger partial charge in [0.2, 0.25) is 0 Å². The number of halogens is 1. The van der Waals surface area contributed by atoms with E-state index < -0.39 is 5.92 Å². The van der Waals surface area contributed by atoms with E-state index in [4.69, 9.17) is 14.2 Å². The van der Waals surface area contributed by atoms with Crippen LogP contribution in [0, 0.1) is 11.3 Å². The van der Waals surface area contributed by atoms with Gasteiger partial charge in [-0.25, -0.2) is 0 Å². The zero-order valence-corrected chi connectivity index (χ0v) is 20.3. The van der Waals surface area contributed by atoms with E-state index in [1.54, 1.807) is 36.4 Å². The lowest BCUT2D eigenvalue weighted by Gasteiger charge is -2.25. The van der Waals surface area contributed by atoms with E-state index in [-0.39, 0.29) is 17.4 Å². The molecule has 7 nitrogen and oxygen atoms in total. The average Bonchev–Trinajstić information content (AvgIpc) is 2.83. The number of esters is 1. The lowest BCUT2D eigenvalue weighted by molar-refractivity contribution is -0.143. The van der Waals surface area contributed by atoms with Gasteiger partial charge in [-0.2, -0.15) is 5.26 Å². The molecule has 1 N–H and O–H groups in total. The Morgan fingerprint density at radius 1 is 1.21 bits per heavy atom. The molecule has 2 aromatic rings. The molecule has 0 radical (unpaired) electrons. The number of allylic oxidation sites excluding steroid dienone is 2. The predicted molar refractivity (Wildman–Crippen MR) is 130 cm³/mol. The van der Waals surface area contributed by atoms with E-state index in [0.717, 1.165) is 25.0 Å². The molecule has 33 heavy (non-hydrogen) atoms. The molecule has 1 heterocycles. The Morgan fingerprint density at radius 3 is 2.70 bits per heavy atom. The van der Waals surface area contributed by atoms with Gasteiger partial charge in [0.25, 0.3) is 5.91 Å². The van der Waals surface area contributed by atoms with Crippen LogP contribution < -0.4 is 14.8 Å². The van der Waals surface area contributed by atoms with Gasteiger partial charge in [0.15, 0.2) is 0 Å². The Morgan fingerprint density at radius 2 is 2.00 bits per heavy atom. The van der Waals surface area contributed by atoms with Gasteiger partial charge in [0.05, 0.1) is 25.2 Å². The number of benzene rings is 2. The monoisotopic (exact) mass is 558 g/mol. The molecule has 2 aromatic carbocycles. The minimum absolute atomic E-state index is 0.160. The van der Waals surface area contributed by atoms with E-state index in [1.807, 2.05) is 0 Å². The summed E-state index contributed by atoms with van der Waals surface area (Å²) in [6.45, 7) is 0.372. The Bertz CT molecular complexity index is 1140. The maximum Gasteiger partial charge on any atom is 0.313 e. The summed E-state index contributed by atoms with van der Waals surface area (Å²) in [6.07, 6.45) is 5.54. The number of methoxy groups -OCH3 is 1. The third kappa shape index (κ3) is 5.30. The summed E-state index contributed by atoms with van der Waals surface area (Å²) in [5.41, 5.74) is 2.39. The van der Waals surface area contributed by atoms with Gasteiger partial charge in [-0.15, -0.1) is 0 Å². The SMILES string of the molecule is COC(=O)C1CCOc2cc(Oc3ccc(C(=O)NC4=CCCC(I)C4)cc3)c(C#N)cc21. The molecule has 4 rings (SSSR count). The van der Waals surface area contributed by atoms with E-state index in [1.165, 1.54) is 7.11 Å². The summed E-state index contributed by atoms with van der Waals surface area (Å²) in [5, 5.41) is 12.6. The fourth-order valence-electron chi connectivity index (χ4n) is 3.96. The minimum Gasteiger partial charge on any atom is -0.493 e. The molecule has 170 valence electrons. The molecule has 0 aromatic heterocycles. The third-order valence-corrected chi connectivity index (χ3v) is 6.75. The molecule has 1 amide bonds. The van der Waals surface area contributed by atoms with Crippen LogP contribution in [0.2, 0.25) is 0 Å². The van der Waals surface area contributed by atoms with Crippen LogP contribution >= 0.6 is 22.6 Å². The van der Waals surface area contributed by atoms with Gasteiger partial charge in [-0.05, 0) is 56.0 Å². The van der Waals surface area contributed by atoms with Crippen molar-refractivity contribution in [1.82, 2.24) is 5.32 Å². The zero-order valence-electron chi connectivity index (χ0n) is 18.1. The molecule has 1 aliphatic carbocycles. The molecular weight excluding hydrogens is 535 g/mol. The highest BCUT2D eigenvalue weighted by Gasteiger charge is 2.30. The summed E-state index contributed by atoms with van der Waals surface area (Å²) in [5.74, 6) is 0.304. The van der Waals surface area contributed by atoms with Gasteiger partial charge in [-0.1, -0.05) is 28.7 Å². The normalized spacial score (nSPS) is 19.2. The summed E-state index contributed by atoms with van der Waals surface area (Å²) < 4.78 is 17.0. The Balaban J connectivity index is 1.50. The molecule has 0 saturated carbocycles. The van der Waals surface area contributed by atoms with Crippen molar-refractivity contribution in [2.24, 2.45) is 0 Å². The maximum atomic E-state index is 12.6. The molecule has 0 fully saturated rings. The van der Waals surface area contributed by atoms with Crippen LogP contribution in [0.1, 0.15) is 53.1 Å². The Kier molecular flexibility index (Phi) is 7.18. The van der Waals surface area contributed by atoms with E-state index in [2.05, 4.69) is 40.1 Å². The lowest BCUT2D eigenvalue weighted by atomic mass is 9.91. The first-order valence-corrected chi connectivity index (χ1v) is 11.9. The van der Waals surface area contributed by atoms with Crippen LogP contribution in [-0.4, -0.2) is 29.5 Å². The van der Waals surface area contributed by atoms with Gasteiger partial charge in [-0.3, -0.25) is 9.59 Å². The van der Waals surface area contributed by atoms with E-state index >= 15 is 0 Å². The summed E-state index contributed by atoms with van der Waals surface area (Å²) in [7, 11) is 1.34. The van der Waals surface area contributed by atoms with Crippen molar-refractivity contribution >= 4 is 34.5 Å². The number of rotatable bonds is 5. The second kappa shape index (κ2) is 10.3. The fraction of sp³-hybridized carbons (Fsp3) is 0.320. The zero-order chi connectivity index (χ0) is 23.4. The van der Waals surface area contributed by atoms with Crippen molar-refractivity contribution in [3.8, 4) is 23.3 Å². The largest absolute Gasteiger partial charge is 0.493 e. The van der Waals surface area contributed by atoms with Crippen molar-refractivity contribution in [3.05, 3.63) is 64.9 Å². The van der Waals surface area contributed by atoms with Crippen LogP contribution in [0.25, 0.3) is 0 Å². The second-order valence-corrected chi connectivity index (χ2v) is 9.66. The number of nitriles is 1. The molecular formula is C25H23IN2O5. The number of hydrogen-bond acceptors (Lipinski definition) is 6.